The van der Waals surface area contributed by atoms with Crippen LogP contribution in [0.1, 0.15) is 29.3 Å². The lowest BCUT2D eigenvalue weighted by molar-refractivity contribution is 0.251. The second-order valence-electron chi connectivity index (χ2n) is 5.71. The number of pyridine rings is 1. The van der Waals surface area contributed by atoms with Crippen molar-refractivity contribution in [1.29, 1.82) is 5.41 Å². The van der Waals surface area contributed by atoms with Crippen LogP contribution >= 0.6 is 0 Å². The Kier molecular flexibility index (Phi) is 5.75. The Balaban J connectivity index is 2.05. The maximum Gasteiger partial charge on any atom is 0.320 e. The molecule has 0 fully saturated rings. The van der Waals surface area contributed by atoms with E-state index in [0.717, 1.165) is 23.0 Å². The minimum absolute atomic E-state index is 0.330. The molecule has 128 valence electrons. The third-order valence-corrected chi connectivity index (χ3v) is 3.56. The van der Waals surface area contributed by atoms with Crippen LogP contribution in [0.2, 0.25) is 0 Å². The van der Waals surface area contributed by atoms with Crippen LogP contribution in [-0.4, -0.2) is 23.3 Å². The second-order valence-corrected chi connectivity index (χ2v) is 5.71. The molecule has 6 nitrogen and oxygen atoms in total. The molecule has 1 heterocycles. The quantitative estimate of drug-likeness (QED) is 0.512. The third-order valence-electron chi connectivity index (χ3n) is 3.56. The van der Waals surface area contributed by atoms with Crippen LogP contribution in [0.4, 0.5) is 16.2 Å². The number of anilines is 2. The molecule has 0 bridgehead atoms. The normalized spacial score (nSPS) is 11.0. The lowest BCUT2D eigenvalue weighted by Gasteiger charge is -2.12. The predicted molar refractivity (Wildman–Crippen MR) is 101 cm³/mol. The summed E-state index contributed by atoms with van der Waals surface area (Å²) in [5.74, 6) is 5.76. The molecule has 0 aliphatic carbocycles. The summed E-state index contributed by atoms with van der Waals surface area (Å²) in [7, 11) is 0. The van der Waals surface area contributed by atoms with E-state index < -0.39 is 6.04 Å². The van der Waals surface area contributed by atoms with Crippen molar-refractivity contribution in [3.05, 3.63) is 52.8 Å². The number of carbonyl (C=O) groups is 1. The summed E-state index contributed by atoms with van der Waals surface area (Å²) in [5, 5.41) is 13.0. The Morgan fingerprint density at radius 1 is 1.36 bits per heavy atom. The Labute approximate surface area is 147 Å². The first-order valence-electron chi connectivity index (χ1n) is 7.82. The molecule has 1 aromatic carbocycles. The molecule has 0 saturated heterocycles. The van der Waals surface area contributed by atoms with E-state index in [2.05, 4.69) is 27.5 Å². The first-order chi connectivity index (χ1) is 11.9. The van der Waals surface area contributed by atoms with Crippen molar-refractivity contribution in [2.75, 3.05) is 11.1 Å². The highest BCUT2D eigenvalue weighted by Crippen LogP contribution is 2.16. The molecule has 0 aliphatic heterocycles. The van der Waals surface area contributed by atoms with Gasteiger partial charge in [-0.15, -0.1) is 0 Å². The fraction of sp³-hybridized carbons (Fsp3) is 0.211. The topological polar surface area (TPSA) is 104 Å². The molecule has 0 aliphatic rings. The number of nitrogens with one attached hydrogen (secondary N) is 3. The van der Waals surface area contributed by atoms with E-state index in [4.69, 9.17) is 11.1 Å². The van der Waals surface area contributed by atoms with E-state index in [1.807, 2.05) is 32.0 Å². The number of nitrogens with two attached hydrogens (primary N) is 1. The van der Waals surface area contributed by atoms with Crippen molar-refractivity contribution >= 4 is 23.6 Å². The van der Waals surface area contributed by atoms with E-state index in [0.29, 0.717) is 16.9 Å². The number of nitrogen functional groups attached to an aromatic ring is 1. The fourth-order valence-electron chi connectivity index (χ4n) is 2.18. The molecule has 1 unspecified atom stereocenters. The molecule has 6 heteroatoms. The Bertz CT molecular complexity index is 864. The largest absolute Gasteiger partial charge is 0.398 e. The number of hydrogen-bond donors (Lipinski definition) is 4. The van der Waals surface area contributed by atoms with E-state index in [-0.39, 0.29) is 6.03 Å². The van der Waals surface area contributed by atoms with Crippen molar-refractivity contribution in [2.45, 2.75) is 26.8 Å². The molecule has 1 atom stereocenters. The highest BCUT2D eigenvalue weighted by Gasteiger charge is 2.08. The monoisotopic (exact) mass is 335 g/mol. The van der Waals surface area contributed by atoms with Crippen LogP contribution in [0.3, 0.4) is 0 Å². The molecule has 2 amide bonds. The number of aryl methyl sites for hydroxylation is 2. The van der Waals surface area contributed by atoms with Gasteiger partial charge in [-0.1, -0.05) is 18.1 Å². The van der Waals surface area contributed by atoms with Gasteiger partial charge < -0.3 is 21.8 Å². The lowest BCUT2D eigenvalue weighted by atomic mass is 10.1. The van der Waals surface area contributed by atoms with Gasteiger partial charge in [0.25, 0.3) is 0 Å². The summed E-state index contributed by atoms with van der Waals surface area (Å²) in [6.45, 7) is 5.67. The molecule has 0 radical (unpaired) electrons. The van der Waals surface area contributed by atoms with Crippen molar-refractivity contribution in [1.82, 2.24) is 10.3 Å². The van der Waals surface area contributed by atoms with Gasteiger partial charge in [0, 0.05) is 29.3 Å². The number of urea groups is 1. The van der Waals surface area contributed by atoms with Gasteiger partial charge in [0.2, 0.25) is 0 Å². The fourth-order valence-corrected chi connectivity index (χ4v) is 2.18. The van der Waals surface area contributed by atoms with Gasteiger partial charge >= 0.3 is 6.03 Å². The summed E-state index contributed by atoms with van der Waals surface area (Å²) in [5.41, 5.74) is 9.95. The first kappa shape index (κ1) is 18.0. The number of hydrogen-bond acceptors (Lipinski definition) is 4. The molecule has 0 spiro atoms. The van der Waals surface area contributed by atoms with Crippen LogP contribution in [0.25, 0.3) is 0 Å². The maximum absolute atomic E-state index is 12.1. The summed E-state index contributed by atoms with van der Waals surface area (Å²) < 4.78 is 0. The minimum Gasteiger partial charge on any atom is -0.398 e. The molecule has 1 aromatic heterocycles. The number of nitrogens with zero attached hydrogens (tertiary/aromatic N) is 1. The van der Waals surface area contributed by atoms with E-state index >= 15 is 0 Å². The van der Waals surface area contributed by atoms with Gasteiger partial charge in [-0.3, -0.25) is 0 Å². The zero-order valence-corrected chi connectivity index (χ0v) is 14.5. The smallest absolute Gasteiger partial charge is 0.320 e. The number of rotatable bonds is 3. The zero-order chi connectivity index (χ0) is 18.4. The van der Waals surface area contributed by atoms with Gasteiger partial charge in [-0.25, -0.2) is 9.78 Å². The number of aromatic nitrogens is 1. The third kappa shape index (κ3) is 4.82. The maximum atomic E-state index is 12.1. The molecular formula is C19H21N5O. The zero-order valence-electron chi connectivity index (χ0n) is 14.5. The summed E-state index contributed by atoms with van der Waals surface area (Å²) in [4.78, 5) is 16.2. The van der Waals surface area contributed by atoms with Crippen molar-refractivity contribution in [3.8, 4) is 11.8 Å². The Morgan fingerprint density at radius 2 is 2.12 bits per heavy atom. The molecule has 0 saturated carbocycles. The van der Waals surface area contributed by atoms with Crippen LogP contribution in [0.15, 0.2) is 30.5 Å². The molecule has 5 N–H and O–H groups in total. The SMILES string of the molecule is Cc1ccc(C)c(NC(=O)NC(C)C#Cc2nccc(N)c2C=N)c1. The molecular weight excluding hydrogens is 314 g/mol. The second kappa shape index (κ2) is 7.97. The van der Waals surface area contributed by atoms with Gasteiger partial charge in [0.05, 0.1) is 6.04 Å². The van der Waals surface area contributed by atoms with Crippen LogP contribution < -0.4 is 16.4 Å². The van der Waals surface area contributed by atoms with E-state index in [1.165, 1.54) is 6.20 Å². The first-order valence-corrected chi connectivity index (χ1v) is 7.82. The number of amides is 2. The summed E-state index contributed by atoms with van der Waals surface area (Å²) in [6, 6.07) is 6.75. The highest BCUT2D eigenvalue weighted by atomic mass is 16.2. The Hall–Kier alpha value is -3.33. The summed E-state index contributed by atoms with van der Waals surface area (Å²) in [6.07, 6.45) is 2.66. The average molecular weight is 335 g/mol. The molecule has 2 aromatic rings. The minimum atomic E-state index is -0.396. The predicted octanol–water partition coefficient (Wildman–Crippen LogP) is 2.84. The Morgan fingerprint density at radius 3 is 2.84 bits per heavy atom. The van der Waals surface area contributed by atoms with Crippen molar-refractivity contribution in [3.63, 3.8) is 0 Å². The molecule has 2 rings (SSSR count). The van der Waals surface area contributed by atoms with Crippen LogP contribution in [-0.2, 0) is 0 Å². The van der Waals surface area contributed by atoms with Crippen LogP contribution in [0, 0.1) is 31.1 Å². The van der Waals surface area contributed by atoms with Gasteiger partial charge in [-0.05, 0) is 50.0 Å². The standard InChI is InChI=1S/C19H21N5O/c1-12-4-5-13(2)18(10-12)24-19(25)23-14(3)6-7-17-15(11-20)16(21)8-9-22-17/h4-5,8-11,14,20H,1-3H3,(H2,21,22)(H2,23,24,25). The van der Waals surface area contributed by atoms with Gasteiger partial charge in [0.15, 0.2) is 0 Å². The number of carbonyl (C=O) groups excluding carboxylic acids is 1. The van der Waals surface area contributed by atoms with Gasteiger partial charge in [-0.2, -0.15) is 0 Å². The van der Waals surface area contributed by atoms with E-state index in [1.54, 1.807) is 13.0 Å². The van der Waals surface area contributed by atoms with Crippen molar-refractivity contribution < 1.29 is 4.79 Å². The van der Waals surface area contributed by atoms with Gasteiger partial charge in [0.1, 0.15) is 5.69 Å². The van der Waals surface area contributed by atoms with E-state index in [9.17, 15) is 4.79 Å². The highest BCUT2D eigenvalue weighted by molar-refractivity contribution is 5.90. The molecule has 25 heavy (non-hydrogen) atoms. The summed E-state index contributed by atoms with van der Waals surface area (Å²) >= 11 is 0. The number of benzene rings is 1. The van der Waals surface area contributed by atoms with Crippen LogP contribution in [0.5, 0.6) is 0 Å². The average Bonchev–Trinajstić information content (AvgIpc) is 2.56. The lowest BCUT2D eigenvalue weighted by Crippen LogP contribution is -2.35. The van der Waals surface area contributed by atoms with Crippen molar-refractivity contribution in [2.24, 2.45) is 0 Å².